The number of hydrogen-bond acceptors (Lipinski definition) is 4. The summed E-state index contributed by atoms with van der Waals surface area (Å²) in [4.78, 5) is 35.8. The fraction of sp³-hybridized carbons (Fsp3) is 0.545. The van der Waals surface area contributed by atoms with Gasteiger partial charge in [-0.05, 0) is 0 Å². The molecule has 0 radical (unpaired) electrons. The van der Waals surface area contributed by atoms with E-state index >= 15 is 0 Å². The van der Waals surface area contributed by atoms with E-state index in [0.29, 0.717) is 0 Å². The van der Waals surface area contributed by atoms with Gasteiger partial charge in [-0.3, -0.25) is 9.59 Å². The fourth-order valence-corrected chi connectivity index (χ4v) is 1.36. The van der Waals surface area contributed by atoms with Gasteiger partial charge in [0, 0.05) is 20.2 Å². The van der Waals surface area contributed by atoms with Gasteiger partial charge in [-0.2, -0.15) is 0 Å². The highest BCUT2D eigenvalue weighted by atomic mass is 16.5. The minimum atomic E-state index is -1.22. The minimum absolute atomic E-state index is 0.219. The number of methoxy groups -OCH3 is 1. The van der Waals surface area contributed by atoms with Crippen molar-refractivity contribution in [2.24, 2.45) is 5.73 Å². The third-order valence-corrected chi connectivity index (χ3v) is 2.13. The van der Waals surface area contributed by atoms with Gasteiger partial charge in [0.05, 0.1) is 6.61 Å². The van der Waals surface area contributed by atoms with Gasteiger partial charge in [-0.15, -0.1) is 6.58 Å². The predicted octanol–water partition coefficient (Wildman–Crippen LogP) is -0.887. The second kappa shape index (κ2) is 8.92. The molecule has 19 heavy (non-hydrogen) atoms. The molecule has 0 heterocycles. The smallest absolute Gasteiger partial charge is 0.323 e. The van der Waals surface area contributed by atoms with Crippen LogP contribution in [0.2, 0.25) is 0 Å². The van der Waals surface area contributed by atoms with Crippen molar-refractivity contribution in [1.29, 1.82) is 0 Å². The van der Waals surface area contributed by atoms with Crippen molar-refractivity contribution in [1.82, 2.24) is 9.80 Å². The average molecular weight is 273 g/mol. The van der Waals surface area contributed by atoms with Crippen LogP contribution < -0.4 is 5.73 Å². The second-order valence-electron chi connectivity index (χ2n) is 3.73. The van der Waals surface area contributed by atoms with Gasteiger partial charge in [0.15, 0.2) is 0 Å². The zero-order valence-electron chi connectivity index (χ0n) is 10.9. The number of primary amides is 1. The molecule has 0 aromatic carbocycles. The summed E-state index contributed by atoms with van der Waals surface area (Å²) >= 11 is 0. The van der Waals surface area contributed by atoms with Crippen molar-refractivity contribution in [3.63, 3.8) is 0 Å². The number of nitrogens with two attached hydrogens (primary N) is 1. The molecule has 0 saturated heterocycles. The Morgan fingerprint density at radius 1 is 1.32 bits per heavy atom. The van der Waals surface area contributed by atoms with Crippen molar-refractivity contribution in [2.75, 3.05) is 39.9 Å². The predicted molar refractivity (Wildman–Crippen MR) is 67.4 cm³/mol. The van der Waals surface area contributed by atoms with Crippen molar-refractivity contribution in [3.8, 4) is 0 Å². The average Bonchev–Trinajstić information content (AvgIpc) is 2.31. The standard InChI is InChI=1S/C11H19N3O5/c1-3-4-13(5-6-19-2)11(18)14(7-9(12)15)8-10(16)17/h3H,1,4-8H2,2H3,(H2,12,15)(H,16,17). The summed E-state index contributed by atoms with van der Waals surface area (Å²) < 4.78 is 4.86. The molecule has 0 fully saturated rings. The molecule has 3 amide bonds. The molecule has 0 aliphatic rings. The number of urea groups is 1. The maximum Gasteiger partial charge on any atom is 0.323 e. The molecule has 8 nitrogen and oxygen atoms in total. The molecule has 108 valence electrons. The number of carbonyl (C=O) groups excluding carboxylic acids is 2. The van der Waals surface area contributed by atoms with Gasteiger partial charge in [0.1, 0.15) is 13.1 Å². The molecule has 0 rings (SSSR count). The number of amides is 3. The monoisotopic (exact) mass is 273 g/mol. The Bertz CT molecular complexity index is 329. The zero-order chi connectivity index (χ0) is 14.8. The lowest BCUT2D eigenvalue weighted by molar-refractivity contribution is -0.138. The van der Waals surface area contributed by atoms with E-state index in [0.717, 1.165) is 4.90 Å². The first-order valence-electron chi connectivity index (χ1n) is 5.56. The summed E-state index contributed by atoms with van der Waals surface area (Å²) in [6, 6.07) is -0.599. The fourth-order valence-electron chi connectivity index (χ4n) is 1.36. The van der Waals surface area contributed by atoms with Crippen molar-refractivity contribution < 1.29 is 24.2 Å². The number of nitrogens with zero attached hydrogens (tertiary/aromatic N) is 2. The van der Waals surface area contributed by atoms with Gasteiger partial charge < -0.3 is 25.4 Å². The topological polar surface area (TPSA) is 113 Å². The number of hydrogen-bond donors (Lipinski definition) is 2. The molecular formula is C11H19N3O5. The van der Waals surface area contributed by atoms with Crippen LogP contribution in [-0.2, 0) is 14.3 Å². The SMILES string of the molecule is C=CCN(CCOC)C(=O)N(CC(N)=O)CC(=O)O. The van der Waals surface area contributed by atoms with Crippen molar-refractivity contribution in [2.45, 2.75) is 0 Å². The minimum Gasteiger partial charge on any atom is -0.480 e. The van der Waals surface area contributed by atoms with Gasteiger partial charge in [-0.1, -0.05) is 6.08 Å². The molecule has 0 aromatic heterocycles. The molecule has 0 bridgehead atoms. The van der Waals surface area contributed by atoms with Crippen LogP contribution in [0, 0.1) is 0 Å². The van der Waals surface area contributed by atoms with E-state index in [4.69, 9.17) is 15.6 Å². The third-order valence-electron chi connectivity index (χ3n) is 2.13. The molecule has 3 N–H and O–H groups in total. The van der Waals surface area contributed by atoms with E-state index in [2.05, 4.69) is 6.58 Å². The lowest BCUT2D eigenvalue weighted by atomic mass is 10.4. The van der Waals surface area contributed by atoms with Gasteiger partial charge in [-0.25, -0.2) is 4.79 Å². The number of carboxylic acids is 1. The Balaban J connectivity index is 4.82. The van der Waals surface area contributed by atoms with Gasteiger partial charge in [0.25, 0.3) is 0 Å². The molecule has 0 unspecified atom stereocenters. The Morgan fingerprint density at radius 3 is 2.37 bits per heavy atom. The van der Waals surface area contributed by atoms with E-state index in [1.807, 2.05) is 0 Å². The van der Waals surface area contributed by atoms with Crippen LogP contribution >= 0.6 is 0 Å². The summed E-state index contributed by atoms with van der Waals surface area (Å²) in [6.07, 6.45) is 1.50. The van der Waals surface area contributed by atoms with Crippen LogP contribution in [0.4, 0.5) is 4.79 Å². The van der Waals surface area contributed by atoms with Crippen LogP contribution in [-0.4, -0.2) is 72.7 Å². The van der Waals surface area contributed by atoms with Crippen molar-refractivity contribution >= 4 is 17.9 Å². The summed E-state index contributed by atoms with van der Waals surface area (Å²) in [5.41, 5.74) is 4.99. The number of ether oxygens (including phenoxy) is 1. The zero-order valence-corrected chi connectivity index (χ0v) is 10.9. The number of aliphatic carboxylic acids is 1. The van der Waals surface area contributed by atoms with E-state index < -0.39 is 31.0 Å². The summed E-state index contributed by atoms with van der Waals surface area (Å²) in [5, 5.41) is 8.72. The van der Waals surface area contributed by atoms with Crippen LogP contribution in [0.3, 0.4) is 0 Å². The maximum atomic E-state index is 12.1. The molecule has 0 atom stereocenters. The highest BCUT2D eigenvalue weighted by Gasteiger charge is 2.23. The van der Waals surface area contributed by atoms with Crippen LogP contribution in [0.25, 0.3) is 0 Å². The molecule has 0 aromatic rings. The van der Waals surface area contributed by atoms with Gasteiger partial charge in [0.2, 0.25) is 5.91 Å². The summed E-state index contributed by atoms with van der Waals surface area (Å²) in [5.74, 6) is -2.00. The molecular weight excluding hydrogens is 254 g/mol. The second-order valence-corrected chi connectivity index (χ2v) is 3.73. The molecule has 0 aliphatic heterocycles. The Morgan fingerprint density at radius 2 is 1.95 bits per heavy atom. The number of carboxylic acid groups (broad SMARTS) is 1. The first kappa shape index (κ1) is 16.9. The largest absolute Gasteiger partial charge is 0.480 e. The quantitative estimate of drug-likeness (QED) is 0.529. The Kier molecular flexibility index (Phi) is 7.94. The highest BCUT2D eigenvalue weighted by molar-refractivity contribution is 5.86. The van der Waals surface area contributed by atoms with Crippen LogP contribution in [0.1, 0.15) is 0 Å². The molecule has 0 spiro atoms. The summed E-state index contributed by atoms with van der Waals surface area (Å²) in [6.45, 7) is 3.23. The lowest BCUT2D eigenvalue weighted by Gasteiger charge is -2.28. The van der Waals surface area contributed by atoms with Crippen LogP contribution in [0.5, 0.6) is 0 Å². The van der Waals surface area contributed by atoms with Gasteiger partial charge >= 0.3 is 12.0 Å². The van der Waals surface area contributed by atoms with E-state index in [9.17, 15) is 14.4 Å². The van der Waals surface area contributed by atoms with E-state index in [-0.39, 0.29) is 19.7 Å². The number of carbonyl (C=O) groups is 3. The first-order chi connectivity index (χ1) is 8.92. The Hall–Kier alpha value is -2.09. The van der Waals surface area contributed by atoms with Crippen molar-refractivity contribution in [3.05, 3.63) is 12.7 Å². The normalized spacial score (nSPS) is 9.74. The van der Waals surface area contributed by atoms with Crippen LogP contribution in [0.15, 0.2) is 12.7 Å². The molecule has 0 aliphatic carbocycles. The summed E-state index contributed by atoms with van der Waals surface area (Å²) in [7, 11) is 1.48. The van der Waals surface area contributed by atoms with E-state index in [1.54, 1.807) is 0 Å². The first-order valence-corrected chi connectivity index (χ1v) is 5.56. The number of rotatable bonds is 9. The maximum absolute atomic E-state index is 12.1. The highest BCUT2D eigenvalue weighted by Crippen LogP contribution is 2.00. The molecule has 8 heteroatoms. The molecule has 0 saturated carbocycles. The van der Waals surface area contributed by atoms with E-state index in [1.165, 1.54) is 18.1 Å². The lowest BCUT2D eigenvalue weighted by Crippen LogP contribution is -2.49. The Labute approximate surface area is 111 Å². The third kappa shape index (κ3) is 7.04.